The maximum atomic E-state index is 13.2. The van der Waals surface area contributed by atoms with E-state index in [2.05, 4.69) is 0 Å². The van der Waals surface area contributed by atoms with Gasteiger partial charge in [-0.05, 0) is 31.0 Å². The highest BCUT2D eigenvalue weighted by molar-refractivity contribution is 7.89. The molecule has 0 heterocycles. The van der Waals surface area contributed by atoms with Crippen LogP contribution in [0.25, 0.3) is 0 Å². The Morgan fingerprint density at radius 2 is 2.05 bits per heavy atom. The Morgan fingerprint density at radius 3 is 2.57 bits per heavy atom. The van der Waals surface area contributed by atoms with E-state index in [-0.39, 0.29) is 23.3 Å². The van der Waals surface area contributed by atoms with Gasteiger partial charge in [-0.15, -0.1) is 0 Å². The molecule has 0 unspecified atom stereocenters. The topological polar surface area (TPSA) is 127 Å². The number of carboxylic acids is 1. The second-order valence-electron chi connectivity index (χ2n) is 4.43. The number of hydrogen-bond acceptors (Lipinski definition) is 4. The number of benzene rings is 1. The quantitative estimate of drug-likeness (QED) is 0.658. The Morgan fingerprint density at radius 1 is 1.43 bits per heavy atom. The average Bonchev–Trinajstić information content (AvgIpc) is 2.36. The van der Waals surface area contributed by atoms with Crippen LogP contribution in [-0.2, 0) is 19.6 Å². The molecule has 7 nitrogen and oxygen atoms in total. The van der Waals surface area contributed by atoms with Gasteiger partial charge in [0.05, 0.1) is 4.90 Å². The molecular formula is C12H15FN2O5S. The van der Waals surface area contributed by atoms with Gasteiger partial charge in [-0.3, -0.25) is 9.59 Å². The third-order valence-corrected chi connectivity index (χ3v) is 4.33. The molecule has 0 bridgehead atoms. The van der Waals surface area contributed by atoms with Crippen LogP contribution in [0.4, 0.5) is 4.39 Å². The zero-order chi connectivity index (χ0) is 16.2. The Hall–Kier alpha value is -2.00. The van der Waals surface area contributed by atoms with E-state index >= 15 is 0 Å². The van der Waals surface area contributed by atoms with Gasteiger partial charge >= 0.3 is 5.97 Å². The van der Waals surface area contributed by atoms with E-state index in [0.717, 1.165) is 12.1 Å². The van der Waals surface area contributed by atoms with Crippen molar-refractivity contribution in [1.82, 2.24) is 4.72 Å². The minimum Gasteiger partial charge on any atom is -0.480 e. The number of aryl methyl sites for hydroxylation is 1. The van der Waals surface area contributed by atoms with Crippen molar-refractivity contribution in [1.29, 1.82) is 0 Å². The lowest BCUT2D eigenvalue weighted by Gasteiger charge is -2.15. The number of sulfonamides is 1. The monoisotopic (exact) mass is 318 g/mol. The van der Waals surface area contributed by atoms with Crippen LogP contribution in [0.3, 0.4) is 0 Å². The third-order valence-electron chi connectivity index (χ3n) is 2.71. The van der Waals surface area contributed by atoms with Crippen LogP contribution in [0.5, 0.6) is 0 Å². The number of rotatable bonds is 7. The number of aliphatic carboxylic acids is 1. The Labute approximate surface area is 121 Å². The fourth-order valence-corrected chi connectivity index (χ4v) is 3.11. The molecule has 4 N–H and O–H groups in total. The minimum atomic E-state index is -4.23. The lowest BCUT2D eigenvalue weighted by Crippen LogP contribution is -2.41. The number of carbonyl (C=O) groups excluding carboxylic acids is 1. The molecule has 1 amide bonds. The van der Waals surface area contributed by atoms with Crippen molar-refractivity contribution in [3.05, 3.63) is 29.6 Å². The predicted octanol–water partition coefficient (Wildman–Crippen LogP) is 0.131. The van der Waals surface area contributed by atoms with Crippen molar-refractivity contribution in [2.45, 2.75) is 30.7 Å². The second kappa shape index (κ2) is 6.64. The lowest BCUT2D eigenvalue weighted by atomic mass is 10.2. The smallest absolute Gasteiger partial charge is 0.321 e. The molecule has 0 saturated heterocycles. The molecule has 0 aromatic heterocycles. The van der Waals surface area contributed by atoms with E-state index < -0.39 is 33.8 Å². The average molecular weight is 318 g/mol. The Balaban J connectivity index is 3.03. The molecule has 0 aliphatic carbocycles. The van der Waals surface area contributed by atoms with Crippen LogP contribution in [0.1, 0.15) is 18.4 Å². The number of primary amides is 1. The first-order valence-electron chi connectivity index (χ1n) is 5.93. The van der Waals surface area contributed by atoms with E-state index in [1.165, 1.54) is 13.0 Å². The van der Waals surface area contributed by atoms with Crippen LogP contribution in [0.2, 0.25) is 0 Å². The summed E-state index contributed by atoms with van der Waals surface area (Å²) >= 11 is 0. The largest absolute Gasteiger partial charge is 0.480 e. The van der Waals surface area contributed by atoms with Crippen molar-refractivity contribution in [2.75, 3.05) is 0 Å². The van der Waals surface area contributed by atoms with Gasteiger partial charge in [-0.25, -0.2) is 12.8 Å². The van der Waals surface area contributed by atoms with Gasteiger partial charge in [-0.1, -0.05) is 6.07 Å². The second-order valence-corrected chi connectivity index (χ2v) is 6.11. The molecule has 0 aliphatic rings. The summed E-state index contributed by atoms with van der Waals surface area (Å²) in [6.07, 6.45) is -0.583. The van der Waals surface area contributed by atoms with Crippen LogP contribution in [-0.4, -0.2) is 31.4 Å². The number of carboxylic acid groups (broad SMARTS) is 1. The maximum Gasteiger partial charge on any atom is 0.321 e. The van der Waals surface area contributed by atoms with Gasteiger partial charge in [0.15, 0.2) is 0 Å². The van der Waals surface area contributed by atoms with Crippen molar-refractivity contribution in [3.63, 3.8) is 0 Å². The first-order valence-corrected chi connectivity index (χ1v) is 7.41. The van der Waals surface area contributed by atoms with Gasteiger partial charge in [-0.2, -0.15) is 4.72 Å². The predicted molar refractivity (Wildman–Crippen MR) is 71.3 cm³/mol. The third kappa shape index (κ3) is 4.80. The van der Waals surface area contributed by atoms with E-state index in [4.69, 9.17) is 10.8 Å². The van der Waals surface area contributed by atoms with Gasteiger partial charge < -0.3 is 10.8 Å². The van der Waals surface area contributed by atoms with Crippen molar-refractivity contribution in [2.24, 2.45) is 5.73 Å². The summed E-state index contributed by atoms with van der Waals surface area (Å²) in [4.78, 5) is 21.3. The van der Waals surface area contributed by atoms with E-state index in [9.17, 15) is 22.4 Å². The highest BCUT2D eigenvalue weighted by atomic mass is 32.2. The summed E-state index contributed by atoms with van der Waals surface area (Å²) in [6, 6.07) is 1.63. The highest BCUT2D eigenvalue weighted by Crippen LogP contribution is 2.17. The van der Waals surface area contributed by atoms with Crippen molar-refractivity contribution < 1.29 is 27.5 Å². The molecule has 0 fully saturated rings. The van der Waals surface area contributed by atoms with Gasteiger partial charge in [0.2, 0.25) is 15.9 Å². The number of halogens is 1. The zero-order valence-corrected chi connectivity index (χ0v) is 12.0. The zero-order valence-electron chi connectivity index (χ0n) is 11.2. The van der Waals surface area contributed by atoms with Crippen LogP contribution >= 0.6 is 0 Å². The molecule has 1 rings (SSSR count). The van der Waals surface area contributed by atoms with Crippen LogP contribution in [0, 0.1) is 12.7 Å². The maximum absolute atomic E-state index is 13.2. The molecule has 116 valence electrons. The molecule has 0 radical (unpaired) electrons. The summed E-state index contributed by atoms with van der Waals surface area (Å²) in [7, 11) is -4.23. The molecule has 1 atom stereocenters. The van der Waals surface area contributed by atoms with Gasteiger partial charge in [0.25, 0.3) is 0 Å². The van der Waals surface area contributed by atoms with E-state index in [1.54, 1.807) is 0 Å². The number of hydrogen-bond donors (Lipinski definition) is 3. The molecule has 21 heavy (non-hydrogen) atoms. The fraction of sp³-hybridized carbons (Fsp3) is 0.333. The summed E-state index contributed by atoms with van der Waals surface area (Å²) in [6.45, 7) is 1.45. The first kappa shape index (κ1) is 17.1. The molecule has 0 spiro atoms. The normalized spacial score (nSPS) is 12.9. The molecular weight excluding hydrogens is 303 g/mol. The molecule has 0 aliphatic heterocycles. The standard InChI is InChI=1S/C12H15FN2O5S/c1-7-2-3-8(13)6-10(7)21(19,20)15-9(12(17)18)4-5-11(14)16/h2-3,6,9,15H,4-5H2,1H3,(H2,14,16)(H,17,18)/t9-/m0/s1. The SMILES string of the molecule is Cc1ccc(F)cc1S(=O)(=O)N[C@@H](CCC(N)=O)C(=O)O. The molecule has 0 saturated carbocycles. The van der Waals surface area contributed by atoms with Crippen LogP contribution in [0.15, 0.2) is 23.1 Å². The summed E-state index contributed by atoms with van der Waals surface area (Å²) < 4.78 is 39.3. The van der Waals surface area contributed by atoms with Gasteiger partial charge in [0.1, 0.15) is 11.9 Å². The Bertz CT molecular complexity index is 660. The molecule has 1 aromatic carbocycles. The van der Waals surface area contributed by atoms with Gasteiger partial charge in [0, 0.05) is 6.42 Å². The lowest BCUT2D eigenvalue weighted by molar-refractivity contribution is -0.139. The molecule has 9 heteroatoms. The highest BCUT2D eigenvalue weighted by Gasteiger charge is 2.27. The van der Waals surface area contributed by atoms with Crippen LogP contribution < -0.4 is 10.5 Å². The van der Waals surface area contributed by atoms with Crippen molar-refractivity contribution in [3.8, 4) is 0 Å². The van der Waals surface area contributed by atoms with E-state index in [0.29, 0.717) is 0 Å². The first-order chi connectivity index (χ1) is 9.63. The Kier molecular flexibility index (Phi) is 5.39. The van der Waals surface area contributed by atoms with Crippen molar-refractivity contribution >= 4 is 21.9 Å². The van der Waals surface area contributed by atoms with E-state index in [1.807, 2.05) is 4.72 Å². The summed E-state index contributed by atoms with van der Waals surface area (Å²) in [5.74, 6) is -2.96. The number of nitrogens with two attached hydrogens (primary N) is 1. The number of nitrogens with one attached hydrogen (secondary N) is 1. The number of carbonyl (C=O) groups is 2. The number of amides is 1. The summed E-state index contributed by atoms with van der Waals surface area (Å²) in [5, 5.41) is 8.97. The minimum absolute atomic E-state index is 0.267. The fourth-order valence-electron chi connectivity index (χ4n) is 1.63. The molecule has 1 aromatic rings. The summed E-state index contributed by atoms with van der Waals surface area (Å²) in [5.41, 5.74) is 5.17.